The van der Waals surface area contributed by atoms with Crippen molar-refractivity contribution in [3.05, 3.63) is 17.7 Å². The maximum Gasteiger partial charge on any atom is 0.325 e. The monoisotopic (exact) mass is 313 g/mol. The normalized spacial score (nSPS) is 11.9. The van der Waals surface area contributed by atoms with Crippen molar-refractivity contribution in [2.24, 2.45) is 0 Å². The van der Waals surface area contributed by atoms with E-state index in [2.05, 4.69) is 25.8 Å². The van der Waals surface area contributed by atoms with E-state index in [9.17, 15) is 4.79 Å². The number of aromatic amines is 1. The summed E-state index contributed by atoms with van der Waals surface area (Å²) in [6.07, 6.45) is 1.86. The summed E-state index contributed by atoms with van der Waals surface area (Å²) in [5, 5.41) is 0. The van der Waals surface area contributed by atoms with Crippen molar-refractivity contribution in [1.29, 1.82) is 0 Å². The Morgan fingerprint density at radius 2 is 1.86 bits per heavy atom. The highest BCUT2D eigenvalue weighted by atomic mass is 28.4. The van der Waals surface area contributed by atoms with Gasteiger partial charge in [0.1, 0.15) is 6.20 Å². The minimum atomic E-state index is -1.63. The maximum atomic E-state index is 11.7. The molecule has 120 valence electrons. The van der Waals surface area contributed by atoms with Gasteiger partial charge in [-0.3, -0.25) is 4.79 Å². The van der Waals surface area contributed by atoms with Gasteiger partial charge in [0.2, 0.25) is 5.78 Å². The minimum absolute atomic E-state index is 0.00550. The summed E-state index contributed by atoms with van der Waals surface area (Å²) in [6, 6.07) is 3.36. The highest BCUT2D eigenvalue weighted by Crippen LogP contribution is 2.22. The maximum absolute atomic E-state index is 11.7. The lowest BCUT2D eigenvalue weighted by molar-refractivity contribution is -0.740. The number of hydrogen-bond acceptors (Lipinski definition) is 3. The lowest BCUT2D eigenvalue weighted by Crippen LogP contribution is -2.44. The molecule has 0 bridgehead atoms. The summed E-state index contributed by atoms with van der Waals surface area (Å²) in [6.45, 7) is 11.7. The molecule has 1 heterocycles. The van der Waals surface area contributed by atoms with Crippen LogP contribution < -0.4 is 4.57 Å². The number of carbonyl (C=O) groups is 1. The van der Waals surface area contributed by atoms with E-state index in [0.29, 0.717) is 25.8 Å². The van der Waals surface area contributed by atoms with Crippen molar-refractivity contribution in [3.63, 3.8) is 0 Å². The zero-order valence-corrected chi connectivity index (χ0v) is 15.0. The van der Waals surface area contributed by atoms with E-state index >= 15 is 0 Å². The van der Waals surface area contributed by atoms with Crippen LogP contribution in [0.25, 0.3) is 0 Å². The molecular formula is C15H29N2O3Si+. The number of nitrogens with one attached hydrogen (secondary N) is 1. The third kappa shape index (κ3) is 4.49. The summed E-state index contributed by atoms with van der Waals surface area (Å²) in [5.74, 6) is 0.574. The summed E-state index contributed by atoms with van der Waals surface area (Å²) in [5.41, 5.74) is 0.973. The van der Waals surface area contributed by atoms with E-state index in [4.69, 9.17) is 9.16 Å². The van der Waals surface area contributed by atoms with Gasteiger partial charge >= 0.3 is 5.82 Å². The fourth-order valence-corrected chi connectivity index (χ4v) is 5.04. The lowest BCUT2D eigenvalue weighted by atomic mass is 10.4. The molecule has 0 aliphatic heterocycles. The van der Waals surface area contributed by atoms with Gasteiger partial charge in [-0.1, -0.05) is 20.8 Å². The first kappa shape index (κ1) is 18.1. The van der Waals surface area contributed by atoms with Crippen molar-refractivity contribution in [1.82, 2.24) is 4.98 Å². The first-order chi connectivity index (χ1) is 10.0. The molecule has 1 aromatic heterocycles. The van der Waals surface area contributed by atoms with Crippen LogP contribution in [-0.4, -0.2) is 25.7 Å². The van der Waals surface area contributed by atoms with E-state index in [-0.39, 0.29) is 5.78 Å². The van der Waals surface area contributed by atoms with Crippen LogP contribution >= 0.6 is 0 Å². The number of H-pyrrole nitrogens is 1. The predicted molar refractivity (Wildman–Crippen MR) is 84.6 cm³/mol. The Morgan fingerprint density at radius 3 is 2.33 bits per heavy atom. The van der Waals surface area contributed by atoms with Crippen molar-refractivity contribution in [2.45, 2.75) is 66.1 Å². The molecule has 21 heavy (non-hydrogen) atoms. The van der Waals surface area contributed by atoms with Gasteiger partial charge in [0.25, 0.3) is 0 Å². The molecule has 0 saturated carbocycles. The average Bonchev–Trinajstić information content (AvgIpc) is 2.90. The fourth-order valence-electron chi connectivity index (χ4n) is 2.48. The molecular weight excluding hydrogens is 284 g/mol. The Morgan fingerprint density at radius 1 is 1.24 bits per heavy atom. The molecule has 0 fully saturated rings. The molecule has 5 nitrogen and oxygen atoms in total. The zero-order valence-electron chi connectivity index (χ0n) is 14.0. The van der Waals surface area contributed by atoms with E-state index in [1.165, 1.54) is 0 Å². The molecule has 0 aliphatic carbocycles. The molecule has 1 aromatic rings. The molecule has 6 heteroatoms. The number of Topliss-reactive ketones (excluding diaryl/α,β-unsaturated/α-hetero) is 1. The first-order valence-electron chi connectivity index (χ1n) is 7.86. The van der Waals surface area contributed by atoms with Crippen LogP contribution in [0.3, 0.4) is 0 Å². The number of imidazole rings is 1. The smallest absolute Gasteiger partial charge is 0.325 e. The average molecular weight is 313 g/mol. The van der Waals surface area contributed by atoms with Gasteiger partial charge in [0.15, 0.2) is 20.7 Å². The Labute approximate surface area is 128 Å². The van der Waals surface area contributed by atoms with Crippen molar-refractivity contribution in [3.8, 4) is 0 Å². The second-order valence-electron chi connectivity index (χ2n) is 5.27. The van der Waals surface area contributed by atoms with Gasteiger partial charge in [-0.05, 0) is 25.1 Å². The van der Waals surface area contributed by atoms with E-state index < -0.39 is 8.32 Å². The Bertz CT molecular complexity index is 448. The Kier molecular flexibility index (Phi) is 7.28. The molecule has 1 N–H and O–H groups in total. The lowest BCUT2D eigenvalue weighted by Gasteiger charge is -2.27. The number of aromatic nitrogens is 2. The van der Waals surface area contributed by atoms with Crippen LogP contribution in [0.5, 0.6) is 0 Å². The molecule has 0 amide bonds. The van der Waals surface area contributed by atoms with Crippen molar-refractivity contribution in [2.75, 3.05) is 6.61 Å². The summed E-state index contributed by atoms with van der Waals surface area (Å²) >= 11 is 0. The van der Waals surface area contributed by atoms with Gasteiger partial charge in [0.05, 0.1) is 6.61 Å². The topological polar surface area (TPSA) is 55.2 Å². The van der Waals surface area contributed by atoms with E-state index in [0.717, 1.165) is 23.8 Å². The van der Waals surface area contributed by atoms with Crippen LogP contribution in [0.4, 0.5) is 0 Å². The second-order valence-corrected chi connectivity index (χ2v) is 10.0. The molecule has 0 spiro atoms. The molecule has 0 aromatic carbocycles. The Hall–Kier alpha value is -0.983. The van der Waals surface area contributed by atoms with Crippen molar-refractivity contribution >= 4 is 14.1 Å². The van der Waals surface area contributed by atoms with Crippen LogP contribution in [0.2, 0.25) is 18.1 Å². The van der Waals surface area contributed by atoms with Gasteiger partial charge in [0, 0.05) is 13.5 Å². The van der Waals surface area contributed by atoms with Crippen LogP contribution in [0.15, 0.2) is 6.20 Å². The minimum Gasteiger partial charge on any atom is -0.409 e. The van der Waals surface area contributed by atoms with Gasteiger partial charge in [-0.25, -0.2) is 4.98 Å². The number of hydrogen-bond donors (Lipinski definition) is 1. The molecule has 0 aliphatic rings. The SMILES string of the molecule is CCOC[n+]1c(CO[Si](CC)(CC)CC)c[nH]c1C(C)=O. The number of ketones is 1. The van der Waals surface area contributed by atoms with Gasteiger partial charge < -0.3 is 9.16 Å². The third-order valence-corrected chi connectivity index (χ3v) is 8.83. The molecule has 0 unspecified atom stereocenters. The number of nitrogens with zero attached hydrogens (tertiary/aromatic N) is 1. The van der Waals surface area contributed by atoms with Crippen molar-refractivity contribution < 1.29 is 18.5 Å². The molecule has 0 radical (unpaired) electrons. The number of rotatable bonds is 10. The standard InChI is InChI=1S/C15H28N2O3Si/c1-6-19-12-17-14(10-16-15(17)13(5)18)11-20-21(7-2,8-3)9-4/h10H,6-9,11-12H2,1-5H3/p+1. The number of ether oxygens (including phenoxy) is 1. The molecule has 0 saturated heterocycles. The van der Waals surface area contributed by atoms with Gasteiger partial charge in [-0.15, -0.1) is 0 Å². The molecule has 0 atom stereocenters. The van der Waals surface area contributed by atoms with E-state index in [1.54, 1.807) is 6.92 Å². The van der Waals surface area contributed by atoms with Gasteiger partial charge in [-0.2, -0.15) is 4.57 Å². The quantitative estimate of drug-likeness (QED) is 0.410. The predicted octanol–water partition coefficient (Wildman–Crippen LogP) is 3.02. The third-order valence-electron chi connectivity index (χ3n) is 4.21. The summed E-state index contributed by atoms with van der Waals surface area (Å²) in [4.78, 5) is 14.7. The molecule has 1 rings (SSSR count). The van der Waals surface area contributed by atoms with E-state index in [1.807, 2.05) is 17.7 Å². The summed E-state index contributed by atoms with van der Waals surface area (Å²) < 4.78 is 13.7. The Balaban J connectivity index is 2.89. The highest BCUT2D eigenvalue weighted by Gasteiger charge is 2.30. The van der Waals surface area contributed by atoms with Crippen LogP contribution in [0.1, 0.15) is 50.9 Å². The first-order valence-corrected chi connectivity index (χ1v) is 10.4. The largest absolute Gasteiger partial charge is 0.409 e. The van der Waals surface area contributed by atoms with Crippen LogP contribution in [-0.2, 0) is 22.5 Å². The summed E-state index contributed by atoms with van der Waals surface area (Å²) in [7, 11) is -1.63. The second kappa shape index (κ2) is 8.46. The number of carbonyl (C=O) groups excluding carboxylic acids is 1. The highest BCUT2D eigenvalue weighted by molar-refractivity contribution is 6.73. The van der Waals surface area contributed by atoms with Crippen LogP contribution in [0, 0.1) is 0 Å². The fraction of sp³-hybridized carbons (Fsp3) is 0.733. The zero-order chi connectivity index (χ0) is 15.9.